The smallest absolute Gasteiger partial charge is 0.422 e. The average molecular weight is 495 g/mol. The first kappa shape index (κ1) is 26.4. The third-order valence-electron chi connectivity index (χ3n) is 5.48. The molecule has 1 unspecified atom stereocenters. The van der Waals surface area contributed by atoms with Gasteiger partial charge in [-0.25, -0.2) is 0 Å². The average Bonchev–Trinajstić information content (AvgIpc) is 2.82. The minimum Gasteiger partial charge on any atom is -0.468 e. The molecule has 1 fully saturated rings. The standard InChI is InChI=1S/C24H29F3N4O4/c1-15(2)20(32)13-18-12-17(6-7-28-18)16(3)29-23(33)19-4-5-21(35-14-24(25,26)27)30-22(19)31-8-10-34-11-9-31/h4-7,12,15-16H,8-11,13-14H2,1-3H3,(H,29,33). The molecule has 2 aromatic rings. The van der Waals surface area contributed by atoms with Gasteiger partial charge in [0.05, 0.1) is 24.8 Å². The summed E-state index contributed by atoms with van der Waals surface area (Å²) in [5, 5.41) is 2.90. The molecular formula is C24H29F3N4O4. The zero-order valence-electron chi connectivity index (χ0n) is 19.9. The maximum absolute atomic E-state index is 13.2. The minimum atomic E-state index is -4.50. The number of aromatic nitrogens is 2. The SMILES string of the molecule is CC(C)C(=O)Cc1cc(C(C)NC(=O)c2ccc(OCC(F)(F)F)nc2N2CCOCC2)ccn1. The number of morpholine rings is 1. The molecule has 1 amide bonds. The number of pyridine rings is 2. The summed E-state index contributed by atoms with van der Waals surface area (Å²) >= 11 is 0. The van der Waals surface area contributed by atoms with Gasteiger partial charge in [0, 0.05) is 43.4 Å². The Balaban J connectivity index is 1.79. The van der Waals surface area contributed by atoms with Gasteiger partial charge in [0.1, 0.15) is 11.6 Å². The van der Waals surface area contributed by atoms with Gasteiger partial charge < -0.3 is 19.7 Å². The van der Waals surface area contributed by atoms with E-state index in [0.29, 0.717) is 32.0 Å². The highest BCUT2D eigenvalue weighted by molar-refractivity contribution is 5.99. The van der Waals surface area contributed by atoms with Crippen LogP contribution in [0.2, 0.25) is 0 Å². The van der Waals surface area contributed by atoms with Crippen molar-refractivity contribution < 1.29 is 32.2 Å². The van der Waals surface area contributed by atoms with Crippen molar-refractivity contribution in [3.63, 3.8) is 0 Å². The second kappa shape index (κ2) is 11.5. The number of hydrogen-bond donors (Lipinski definition) is 1. The van der Waals surface area contributed by atoms with E-state index in [1.54, 1.807) is 30.2 Å². The van der Waals surface area contributed by atoms with E-state index in [-0.39, 0.29) is 35.4 Å². The molecule has 3 heterocycles. The van der Waals surface area contributed by atoms with Gasteiger partial charge in [-0.3, -0.25) is 14.6 Å². The normalized spacial score (nSPS) is 15.1. The summed E-state index contributed by atoms with van der Waals surface area (Å²) in [7, 11) is 0. The number of ether oxygens (including phenoxy) is 2. The number of hydrogen-bond acceptors (Lipinski definition) is 7. The van der Waals surface area contributed by atoms with E-state index in [9.17, 15) is 22.8 Å². The van der Waals surface area contributed by atoms with Crippen LogP contribution in [0.3, 0.4) is 0 Å². The van der Waals surface area contributed by atoms with Crippen LogP contribution in [0.5, 0.6) is 5.88 Å². The van der Waals surface area contributed by atoms with Crippen LogP contribution < -0.4 is 15.0 Å². The molecule has 2 aromatic heterocycles. The Morgan fingerprint density at radius 2 is 1.89 bits per heavy atom. The zero-order chi connectivity index (χ0) is 25.6. The molecule has 0 saturated carbocycles. The van der Waals surface area contributed by atoms with Gasteiger partial charge in [-0.2, -0.15) is 18.2 Å². The van der Waals surface area contributed by atoms with Gasteiger partial charge in [-0.1, -0.05) is 13.8 Å². The van der Waals surface area contributed by atoms with Gasteiger partial charge in [-0.15, -0.1) is 0 Å². The molecule has 0 aliphatic carbocycles. The van der Waals surface area contributed by atoms with Crippen molar-refractivity contribution in [1.29, 1.82) is 0 Å². The Morgan fingerprint density at radius 3 is 2.54 bits per heavy atom. The molecule has 0 radical (unpaired) electrons. The van der Waals surface area contributed by atoms with Gasteiger partial charge in [0.2, 0.25) is 5.88 Å². The van der Waals surface area contributed by atoms with Crippen molar-refractivity contribution >= 4 is 17.5 Å². The van der Waals surface area contributed by atoms with Crippen molar-refractivity contribution in [2.75, 3.05) is 37.8 Å². The number of carbonyl (C=O) groups excluding carboxylic acids is 2. The molecule has 1 aliphatic rings. The number of ketones is 1. The van der Waals surface area contributed by atoms with Gasteiger partial charge in [0.25, 0.3) is 5.91 Å². The molecule has 11 heteroatoms. The van der Waals surface area contributed by atoms with Gasteiger partial charge in [-0.05, 0) is 30.7 Å². The molecule has 1 atom stereocenters. The largest absolute Gasteiger partial charge is 0.468 e. The molecular weight excluding hydrogens is 465 g/mol. The van der Waals surface area contributed by atoms with E-state index in [1.807, 2.05) is 13.8 Å². The van der Waals surface area contributed by atoms with Gasteiger partial charge in [0.15, 0.2) is 6.61 Å². The fraction of sp³-hybridized carbons (Fsp3) is 0.500. The van der Waals surface area contributed by atoms with Crippen LogP contribution in [-0.4, -0.2) is 60.7 Å². The lowest BCUT2D eigenvalue weighted by molar-refractivity contribution is -0.154. The lowest BCUT2D eigenvalue weighted by Gasteiger charge is -2.29. The van der Waals surface area contributed by atoms with Gasteiger partial charge >= 0.3 is 6.18 Å². The molecule has 35 heavy (non-hydrogen) atoms. The number of Topliss-reactive ketones (excluding diaryl/α,β-unsaturated/α-hetero) is 1. The molecule has 190 valence electrons. The van der Waals surface area contributed by atoms with Crippen molar-refractivity contribution in [3.05, 3.63) is 47.3 Å². The van der Waals surface area contributed by atoms with E-state index < -0.39 is 24.7 Å². The Morgan fingerprint density at radius 1 is 1.17 bits per heavy atom. The first-order chi connectivity index (χ1) is 16.5. The van der Waals surface area contributed by atoms with Crippen molar-refractivity contribution in [3.8, 4) is 5.88 Å². The van der Waals surface area contributed by atoms with Crippen molar-refractivity contribution in [1.82, 2.24) is 15.3 Å². The maximum atomic E-state index is 13.2. The number of nitrogens with zero attached hydrogens (tertiary/aromatic N) is 3. The van der Waals surface area contributed by atoms with Crippen LogP contribution >= 0.6 is 0 Å². The maximum Gasteiger partial charge on any atom is 0.422 e. The van der Waals surface area contributed by atoms with Crippen molar-refractivity contribution in [2.45, 2.75) is 39.4 Å². The topological polar surface area (TPSA) is 93.7 Å². The molecule has 0 bridgehead atoms. The number of carbonyl (C=O) groups is 2. The summed E-state index contributed by atoms with van der Waals surface area (Å²) < 4.78 is 47.9. The third-order valence-corrected chi connectivity index (χ3v) is 5.48. The summed E-state index contributed by atoms with van der Waals surface area (Å²) in [6.07, 6.45) is -2.71. The molecule has 1 aliphatic heterocycles. The van der Waals surface area contributed by atoms with E-state index in [1.165, 1.54) is 12.1 Å². The number of nitrogens with one attached hydrogen (secondary N) is 1. The quantitative estimate of drug-likeness (QED) is 0.570. The zero-order valence-corrected chi connectivity index (χ0v) is 19.9. The predicted molar refractivity (Wildman–Crippen MR) is 122 cm³/mol. The molecule has 0 spiro atoms. The molecule has 1 N–H and O–H groups in total. The number of alkyl halides is 3. The number of anilines is 1. The van der Waals surface area contributed by atoms with Crippen LogP contribution in [0.4, 0.5) is 19.0 Å². The van der Waals surface area contributed by atoms with Crippen LogP contribution in [0.25, 0.3) is 0 Å². The Kier molecular flexibility index (Phi) is 8.66. The first-order valence-corrected chi connectivity index (χ1v) is 11.3. The van der Waals surface area contributed by atoms with Crippen LogP contribution in [0.1, 0.15) is 48.4 Å². The fourth-order valence-corrected chi connectivity index (χ4v) is 3.46. The summed E-state index contributed by atoms with van der Waals surface area (Å²) in [6.45, 7) is 5.65. The molecule has 0 aromatic carbocycles. The summed E-state index contributed by atoms with van der Waals surface area (Å²) in [5.41, 5.74) is 1.59. The van der Waals surface area contributed by atoms with Crippen LogP contribution in [0.15, 0.2) is 30.5 Å². The first-order valence-electron chi connectivity index (χ1n) is 11.3. The Labute approximate surface area is 201 Å². The second-order valence-electron chi connectivity index (χ2n) is 8.60. The summed E-state index contributed by atoms with van der Waals surface area (Å²) in [5.74, 6) is -0.463. The molecule has 3 rings (SSSR count). The Hall–Kier alpha value is -3.21. The second-order valence-corrected chi connectivity index (χ2v) is 8.60. The molecule has 1 saturated heterocycles. The molecule has 8 nitrogen and oxygen atoms in total. The Bertz CT molecular complexity index is 1040. The van der Waals surface area contributed by atoms with E-state index in [4.69, 9.17) is 9.47 Å². The summed E-state index contributed by atoms with van der Waals surface area (Å²) in [6, 6.07) is 5.77. The van der Waals surface area contributed by atoms with Crippen LogP contribution in [-0.2, 0) is 16.0 Å². The lowest BCUT2D eigenvalue weighted by atomic mass is 10.0. The highest BCUT2D eigenvalue weighted by Gasteiger charge is 2.29. The monoisotopic (exact) mass is 494 g/mol. The highest BCUT2D eigenvalue weighted by Crippen LogP contribution is 2.25. The number of halogens is 3. The predicted octanol–water partition coefficient (Wildman–Crippen LogP) is 3.51. The summed E-state index contributed by atoms with van der Waals surface area (Å²) in [4.78, 5) is 35.5. The fourth-order valence-electron chi connectivity index (χ4n) is 3.46. The van der Waals surface area contributed by atoms with E-state index in [2.05, 4.69) is 15.3 Å². The third kappa shape index (κ3) is 7.64. The van der Waals surface area contributed by atoms with E-state index in [0.717, 1.165) is 5.56 Å². The van der Waals surface area contributed by atoms with E-state index >= 15 is 0 Å². The number of rotatable bonds is 9. The number of amides is 1. The minimum absolute atomic E-state index is 0.0698. The highest BCUT2D eigenvalue weighted by atomic mass is 19.4. The lowest BCUT2D eigenvalue weighted by Crippen LogP contribution is -2.39. The van der Waals surface area contributed by atoms with Crippen LogP contribution in [0, 0.1) is 5.92 Å². The van der Waals surface area contributed by atoms with Crippen molar-refractivity contribution in [2.24, 2.45) is 5.92 Å².